The lowest BCUT2D eigenvalue weighted by Crippen LogP contribution is -2.56. The van der Waals surface area contributed by atoms with Gasteiger partial charge in [0.1, 0.15) is 0 Å². The molecule has 0 amide bonds. The lowest BCUT2D eigenvalue weighted by Gasteiger charge is -2.55. The Hall–Kier alpha value is -1.97. The largest absolute Gasteiger partial charge is 0.451 e. The SMILES string of the molecule is C=C1CC2C(=CCC3(C)C2CCC3(OC(C)=O)C(C)=O)C2(C)CCC(=O)C=C12. The van der Waals surface area contributed by atoms with Gasteiger partial charge < -0.3 is 4.74 Å². The normalized spacial score (nSPS) is 42.0. The van der Waals surface area contributed by atoms with Crippen molar-refractivity contribution in [2.24, 2.45) is 22.7 Å². The smallest absolute Gasteiger partial charge is 0.303 e. The summed E-state index contributed by atoms with van der Waals surface area (Å²) in [5, 5.41) is 0. The van der Waals surface area contributed by atoms with Crippen molar-refractivity contribution in [1.29, 1.82) is 0 Å². The van der Waals surface area contributed by atoms with Crippen LogP contribution < -0.4 is 0 Å². The van der Waals surface area contributed by atoms with Crippen molar-refractivity contribution >= 4 is 17.5 Å². The summed E-state index contributed by atoms with van der Waals surface area (Å²) in [5.41, 5.74) is 1.98. The summed E-state index contributed by atoms with van der Waals surface area (Å²) in [4.78, 5) is 36.7. The van der Waals surface area contributed by atoms with Crippen LogP contribution in [0.2, 0.25) is 0 Å². The molecule has 4 aliphatic rings. The van der Waals surface area contributed by atoms with Crippen LogP contribution >= 0.6 is 0 Å². The molecule has 4 rings (SSSR count). The lowest BCUT2D eigenvalue weighted by atomic mass is 9.49. The number of ether oxygens (including phenoxy) is 1. The first kappa shape index (κ1) is 19.4. The lowest BCUT2D eigenvalue weighted by molar-refractivity contribution is -0.180. The maximum absolute atomic E-state index is 12.8. The van der Waals surface area contributed by atoms with Crippen molar-refractivity contribution in [3.05, 3.63) is 35.5 Å². The van der Waals surface area contributed by atoms with Gasteiger partial charge in [0, 0.05) is 24.2 Å². The average molecular weight is 383 g/mol. The van der Waals surface area contributed by atoms with E-state index >= 15 is 0 Å². The molecule has 28 heavy (non-hydrogen) atoms. The van der Waals surface area contributed by atoms with E-state index in [9.17, 15) is 14.4 Å². The predicted molar refractivity (Wildman–Crippen MR) is 106 cm³/mol. The van der Waals surface area contributed by atoms with Gasteiger partial charge in [-0.05, 0) is 62.5 Å². The molecule has 0 aromatic heterocycles. The van der Waals surface area contributed by atoms with Crippen LogP contribution in [0.5, 0.6) is 0 Å². The van der Waals surface area contributed by atoms with Crippen molar-refractivity contribution < 1.29 is 19.1 Å². The van der Waals surface area contributed by atoms with Gasteiger partial charge in [0.25, 0.3) is 0 Å². The van der Waals surface area contributed by atoms with Crippen molar-refractivity contribution in [3.8, 4) is 0 Å². The molecule has 4 heteroatoms. The number of allylic oxidation sites excluding steroid dienone is 5. The van der Waals surface area contributed by atoms with Gasteiger partial charge in [-0.25, -0.2) is 0 Å². The van der Waals surface area contributed by atoms with Crippen LogP contribution in [0.4, 0.5) is 0 Å². The molecule has 4 aliphatic carbocycles. The van der Waals surface area contributed by atoms with Crippen molar-refractivity contribution in [2.45, 2.75) is 71.8 Å². The van der Waals surface area contributed by atoms with Crippen molar-refractivity contribution in [1.82, 2.24) is 0 Å². The zero-order valence-corrected chi connectivity index (χ0v) is 17.4. The molecule has 0 aromatic carbocycles. The fourth-order valence-corrected chi connectivity index (χ4v) is 6.93. The number of esters is 1. The average Bonchev–Trinajstić information content (AvgIpc) is 2.90. The minimum Gasteiger partial charge on any atom is -0.451 e. The molecule has 0 aromatic rings. The minimum absolute atomic E-state index is 0.0470. The van der Waals surface area contributed by atoms with Gasteiger partial charge in [-0.15, -0.1) is 0 Å². The number of ketones is 2. The Bertz CT molecular complexity index is 862. The zero-order chi connectivity index (χ0) is 20.5. The molecule has 0 heterocycles. The summed E-state index contributed by atoms with van der Waals surface area (Å²) < 4.78 is 5.79. The highest BCUT2D eigenvalue weighted by atomic mass is 16.6. The fraction of sp³-hybridized carbons (Fsp3) is 0.625. The second-order valence-electron chi connectivity index (χ2n) is 9.67. The highest BCUT2D eigenvalue weighted by molar-refractivity contribution is 5.93. The maximum Gasteiger partial charge on any atom is 0.303 e. The Morgan fingerprint density at radius 1 is 1.21 bits per heavy atom. The second-order valence-corrected chi connectivity index (χ2v) is 9.67. The van der Waals surface area contributed by atoms with Crippen LogP contribution in [0.3, 0.4) is 0 Å². The van der Waals surface area contributed by atoms with E-state index in [4.69, 9.17) is 4.74 Å². The number of hydrogen-bond acceptors (Lipinski definition) is 4. The minimum atomic E-state index is -1.04. The van der Waals surface area contributed by atoms with E-state index in [1.807, 2.05) is 6.08 Å². The van der Waals surface area contributed by atoms with E-state index in [0.29, 0.717) is 18.8 Å². The molecule has 0 bridgehead atoms. The van der Waals surface area contributed by atoms with Crippen molar-refractivity contribution in [2.75, 3.05) is 0 Å². The van der Waals surface area contributed by atoms with Gasteiger partial charge in [0.2, 0.25) is 0 Å². The Morgan fingerprint density at radius 3 is 2.57 bits per heavy atom. The predicted octanol–water partition coefficient (Wildman–Crippen LogP) is 4.50. The first-order chi connectivity index (χ1) is 13.0. The van der Waals surface area contributed by atoms with Crippen LogP contribution in [-0.4, -0.2) is 23.1 Å². The molecule has 0 saturated heterocycles. The summed E-state index contributed by atoms with van der Waals surface area (Å²) in [6.45, 7) is 11.7. The van der Waals surface area contributed by atoms with Crippen LogP contribution in [0.15, 0.2) is 35.5 Å². The van der Waals surface area contributed by atoms with Crippen molar-refractivity contribution in [3.63, 3.8) is 0 Å². The number of fused-ring (bicyclic) bond motifs is 5. The monoisotopic (exact) mass is 382 g/mol. The summed E-state index contributed by atoms with van der Waals surface area (Å²) >= 11 is 0. The third kappa shape index (κ3) is 2.33. The molecule has 0 aliphatic heterocycles. The van der Waals surface area contributed by atoms with E-state index in [0.717, 1.165) is 36.8 Å². The number of carbonyl (C=O) groups is 3. The van der Waals surface area contributed by atoms with Crippen LogP contribution in [0.25, 0.3) is 0 Å². The van der Waals surface area contributed by atoms with Crippen LogP contribution in [0.1, 0.15) is 66.2 Å². The molecule has 150 valence electrons. The van der Waals surface area contributed by atoms with Crippen LogP contribution in [0, 0.1) is 22.7 Å². The fourth-order valence-electron chi connectivity index (χ4n) is 6.93. The standard InChI is InChI=1S/C24H30O4/c1-14-12-18-19(22(4)9-6-17(27)13-21(14)22)7-10-23(5)20(18)8-11-24(23,15(2)25)28-16(3)26/h7,13,18,20H,1,6,8-12H2,2-5H3. The zero-order valence-electron chi connectivity index (χ0n) is 17.4. The maximum atomic E-state index is 12.8. The molecule has 2 saturated carbocycles. The quantitative estimate of drug-likeness (QED) is 0.521. The number of rotatable bonds is 2. The summed E-state index contributed by atoms with van der Waals surface area (Å²) in [6.07, 6.45) is 8.49. The Morgan fingerprint density at radius 2 is 1.93 bits per heavy atom. The molecule has 0 N–H and O–H groups in total. The Balaban J connectivity index is 1.81. The second kappa shape index (κ2) is 6.01. The van der Waals surface area contributed by atoms with E-state index in [-0.39, 0.29) is 28.9 Å². The molecular formula is C24H30O4. The first-order valence-electron chi connectivity index (χ1n) is 10.4. The van der Waals surface area contributed by atoms with E-state index in [1.54, 1.807) is 6.92 Å². The highest BCUT2D eigenvalue weighted by Gasteiger charge is 2.66. The molecule has 2 fully saturated rings. The third-order valence-electron chi connectivity index (χ3n) is 8.32. The molecule has 5 atom stereocenters. The highest BCUT2D eigenvalue weighted by Crippen LogP contribution is 2.67. The topological polar surface area (TPSA) is 60.4 Å². The molecule has 4 nitrogen and oxygen atoms in total. The summed E-state index contributed by atoms with van der Waals surface area (Å²) in [6, 6.07) is 0. The molecule has 5 unspecified atom stereocenters. The molecule has 0 spiro atoms. The van der Waals surface area contributed by atoms with Gasteiger partial charge >= 0.3 is 5.97 Å². The third-order valence-corrected chi connectivity index (χ3v) is 8.32. The van der Waals surface area contributed by atoms with Gasteiger partial charge in [0.15, 0.2) is 17.2 Å². The summed E-state index contributed by atoms with van der Waals surface area (Å²) in [7, 11) is 0. The molecule has 0 radical (unpaired) electrons. The first-order valence-corrected chi connectivity index (χ1v) is 10.4. The number of hydrogen-bond donors (Lipinski definition) is 0. The van der Waals surface area contributed by atoms with Gasteiger partial charge in [-0.1, -0.05) is 37.6 Å². The Kier molecular flexibility index (Phi) is 4.16. The Labute approximate surface area is 167 Å². The van der Waals surface area contributed by atoms with Crippen LogP contribution in [-0.2, 0) is 19.1 Å². The van der Waals surface area contributed by atoms with Gasteiger partial charge in [-0.3, -0.25) is 14.4 Å². The van der Waals surface area contributed by atoms with E-state index < -0.39 is 11.0 Å². The molecular weight excluding hydrogens is 352 g/mol. The number of carbonyl (C=O) groups excluding carboxylic acids is 3. The number of Topliss-reactive ketones (excluding diaryl/α,β-unsaturated/α-hetero) is 1. The summed E-state index contributed by atoms with van der Waals surface area (Å²) in [5.74, 6) is 0.318. The van der Waals surface area contributed by atoms with Gasteiger partial charge in [0.05, 0.1) is 0 Å². The van der Waals surface area contributed by atoms with E-state index in [2.05, 4.69) is 26.5 Å². The van der Waals surface area contributed by atoms with Gasteiger partial charge in [-0.2, -0.15) is 0 Å². The van der Waals surface area contributed by atoms with E-state index in [1.165, 1.54) is 12.5 Å².